The summed E-state index contributed by atoms with van der Waals surface area (Å²) in [5.74, 6) is 0.172. The molecule has 0 fully saturated rings. The minimum Gasteiger partial charge on any atom is -0.484 e. The molecule has 4 aromatic rings. The molecule has 0 aliphatic rings. The molecule has 6 nitrogen and oxygen atoms in total. The first-order valence-corrected chi connectivity index (χ1v) is 10.4. The quantitative estimate of drug-likeness (QED) is 0.380. The maximum Gasteiger partial charge on any atom is 0.291 e. The molecule has 0 saturated carbocycles. The predicted molar refractivity (Wildman–Crippen MR) is 126 cm³/mol. The van der Waals surface area contributed by atoms with Crippen LogP contribution >= 0.6 is 11.6 Å². The zero-order chi connectivity index (χ0) is 22.7. The van der Waals surface area contributed by atoms with E-state index in [0.29, 0.717) is 27.7 Å². The highest BCUT2D eigenvalue weighted by atomic mass is 35.5. The Morgan fingerprint density at radius 1 is 0.906 bits per heavy atom. The molecule has 0 spiro atoms. The molecule has 0 unspecified atom stereocenters. The van der Waals surface area contributed by atoms with Crippen LogP contribution in [0.25, 0.3) is 11.0 Å². The SMILES string of the molecule is Cc1cc(OCC(=O)Nc2ccc(NC(=O)c3cc4ccccc4o3)cc2)cc(C)c1Cl. The van der Waals surface area contributed by atoms with Crippen LogP contribution in [0.1, 0.15) is 21.7 Å². The van der Waals surface area contributed by atoms with Crippen molar-refractivity contribution >= 4 is 45.8 Å². The van der Waals surface area contributed by atoms with Crippen molar-refractivity contribution in [2.24, 2.45) is 0 Å². The summed E-state index contributed by atoms with van der Waals surface area (Å²) < 4.78 is 11.1. The average molecular weight is 449 g/mol. The van der Waals surface area contributed by atoms with Crippen molar-refractivity contribution < 1.29 is 18.7 Å². The van der Waals surface area contributed by atoms with Gasteiger partial charge in [-0.25, -0.2) is 0 Å². The highest BCUT2D eigenvalue weighted by Gasteiger charge is 2.12. The van der Waals surface area contributed by atoms with Gasteiger partial charge >= 0.3 is 0 Å². The Hall–Kier alpha value is -3.77. The van der Waals surface area contributed by atoms with Crippen LogP contribution in [0.5, 0.6) is 5.75 Å². The zero-order valence-corrected chi connectivity index (χ0v) is 18.3. The van der Waals surface area contributed by atoms with Crippen molar-refractivity contribution in [3.63, 3.8) is 0 Å². The Morgan fingerprint density at radius 2 is 1.53 bits per heavy atom. The summed E-state index contributed by atoms with van der Waals surface area (Å²) in [6, 6.07) is 19.5. The molecular formula is C25H21ClN2O4. The molecule has 2 amide bonds. The fourth-order valence-corrected chi connectivity index (χ4v) is 3.37. The minimum atomic E-state index is -0.347. The van der Waals surface area contributed by atoms with Crippen molar-refractivity contribution in [2.75, 3.05) is 17.2 Å². The predicted octanol–water partition coefficient (Wildman–Crippen LogP) is 5.97. The summed E-state index contributed by atoms with van der Waals surface area (Å²) in [5.41, 5.74) is 3.60. The van der Waals surface area contributed by atoms with E-state index in [4.69, 9.17) is 20.8 Å². The molecule has 0 bridgehead atoms. The number of amides is 2. The van der Waals surface area contributed by atoms with E-state index in [1.54, 1.807) is 42.5 Å². The largest absolute Gasteiger partial charge is 0.484 e. The molecule has 7 heteroatoms. The van der Waals surface area contributed by atoms with Crippen LogP contribution < -0.4 is 15.4 Å². The summed E-state index contributed by atoms with van der Waals surface area (Å²) in [6.07, 6.45) is 0. The number of furan rings is 1. The van der Waals surface area contributed by atoms with Crippen LogP contribution in [0, 0.1) is 13.8 Å². The van der Waals surface area contributed by atoms with E-state index in [2.05, 4.69) is 10.6 Å². The number of rotatable bonds is 6. The van der Waals surface area contributed by atoms with Crippen LogP contribution in [0.15, 0.2) is 71.1 Å². The molecular weight excluding hydrogens is 428 g/mol. The second kappa shape index (κ2) is 9.16. The molecule has 1 aromatic heterocycles. The lowest BCUT2D eigenvalue weighted by Gasteiger charge is -2.11. The standard InChI is InChI=1S/C25H21ClN2O4/c1-15-11-20(12-16(2)24(15)26)31-14-23(29)27-18-7-9-19(10-8-18)28-25(30)22-13-17-5-3-4-6-21(17)32-22/h3-13H,14H2,1-2H3,(H,27,29)(H,28,30). The van der Waals surface area contributed by atoms with Crippen molar-refractivity contribution in [3.05, 3.63) is 88.6 Å². The number of nitrogens with one attached hydrogen (secondary N) is 2. The summed E-state index contributed by atoms with van der Waals surface area (Å²) in [6.45, 7) is 3.64. The minimum absolute atomic E-state index is 0.134. The first-order valence-electron chi connectivity index (χ1n) is 9.98. The van der Waals surface area contributed by atoms with Gasteiger partial charge in [0, 0.05) is 21.8 Å². The molecule has 32 heavy (non-hydrogen) atoms. The van der Waals surface area contributed by atoms with Gasteiger partial charge < -0.3 is 19.8 Å². The average Bonchev–Trinajstić information content (AvgIpc) is 3.22. The molecule has 0 atom stereocenters. The van der Waals surface area contributed by atoms with Gasteiger partial charge in [-0.15, -0.1) is 0 Å². The second-order valence-corrected chi connectivity index (χ2v) is 7.77. The first-order chi connectivity index (χ1) is 15.4. The number of fused-ring (bicyclic) bond motifs is 1. The van der Waals surface area contributed by atoms with Gasteiger partial charge in [0.05, 0.1) is 0 Å². The highest BCUT2D eigenvalue weighted by molar-refractivity contribution is 6.32. The number of aryl methyl sites for hydroxylation is 2. The maximum absolute atomic E-state index is 12.4. The van der Waals surface area contributed by atoms with Gasteiger partial charge in [0.25, 0.3) is 11.8 Å². The summed E-state index contributed by atoms with van der Waals surface area (Å²) in [4.78, 5) is 24.6. The molecule has 3 aromatic carbocycles. The first kappa shape index (κ1) is 21.5. The summed E-state index contributed by atoms with van der Waals surface area (Å²) in [7, 11) is 0. The molecule has 1 heterocycles. The Labute approximate surface area is 190 Å². The third-order valence-corrected chi connectivity index (χ3v) is 5.45. The normalized spacial score (nSPS) is 10.7. The van der Waals surface area contributed by atoms with Crippen molar-refractivity contribution in [1.82, 2.24) is 0 Å². The van der Waals surface area contributed by atoms with E-state index >= 15 is 0 Å². The van der Waals surface area contributed by atoms with Crippen molar-refractivity contribution in [3.8, 4) is 5.75 Å². The lowest BCUT2D eigenvalue weighted by molar-refractivity contribution is -0.118. The van der Waals surface area contributed by atoms with E-state index in [9.17, 15) is 9.59 Å². The van der Waals surface area contributed by atoms with Crippen LogP contribution in [0.2, 0.25) is 5.02 Å². The Morgan fingerprint density at radius 3 is 2.19 bits per heavy atom. The van der Waals surface area contributed by atoms with Gasteiger partial charge in [0.2, 0.25) is 0 Å². The number of halogens is 1. The number of para-hydroxylation sites is 1. The lowest BCUT2D eigenvalue weighted by atomic mass is 10.1. The Bertz CT molecular complexity index is 1240. The van der Waals surface area contributed by atoms with Gasteiger partial charge in [-0.2, -0.15) is 0 Å². The number of ether oxygens (including phenoxy) is 1. The zero-order valence-electron chi connectivity index (χ0n) is 17.6. The fraction of sp³-hybridized carbons (Fsp3) is 0.120. The third-order valence-electron chi connectivity index (χ3n) is 4.86. The molecule has 162 valence electrons. The van der Waals surface area contributed by atoms with E-state index in [1.807, 2.05) is 38.1 Å². The molecule has 2 N–H and O–H groups in total. The number of anilines is 2. The van der Waals surface area contributed by atoms with Crippen LogP contribution in [-0.4, -0.2) is 18.4 Å². The monoisotopic (exact) mass is 448 g/mol. The van der Waals surface area contributed by atoms with E-state index < -0.39 is 0 Å². The number of hydrogen-bond acceptors (Lipinski definition) is 4. The number of hydrogen-bond donors (Lipinski definition) is 2. The maximum atomic E-state index is 12.4. The highest BCUT2D eigenvalue weighted by Crippen LogP contribution is 2.26. The molecule has 4 rings (SSSR count). The second-order valence-electron chi connectivity index (χ2n) is 7.39. The fourth-order valence-electron chi connectivity index (χ4n) is 3.26. The van der Waals surface area contributed by atoms with Crippen LogP contribution in [0.3, 0.4) is 0 Å². The van der Waals surface area contributed by atoms with Crippen molar-refractivity contribution in [1.29, 1.82) is 0 Å². The van der Waals surface area contributed by atoms with Gasteiger partial charge in [0.1, 0.15) is 11.3 Å². The molecule has 0 aliphatic heterocycles. The Balaban J connectivity index is 1.32. The van der Waals surface area contributed by atoms with E-state index in [1.165, 1.54) is 0 Å². The lowest BCUT2D eigenvalue weighted by Crippen LogP contribution is -2.20. The van der Waals surface area contributed by atoms with Crippen molar-refractivity contribution in [2.45, 2.75) is 13.8 Å². The van der Waals surface area contributed by atoms with Crippen LogP contribution in [-0.2, 0) is 4.79 Å². The molecule has 0 saturated heterocycles. The topological polar surface area (TPSA) is 80.6 Å². The van der Waals surface area contributed by atoms with Gasteiger partial charge in [-0.1, -0.05) is 29.8 Å². The summed E-state index contributed by atoms with van der Waals surface area (Å²) >= 11 is 6.15. The smallest absolute Gasteiger partial charge is 0.291 e. The van der Waals surface area contributed by atoms with Gasteiger partial charge in [-0.3, -0.25) is 9.59 Å². The van der Waals surface area contributed by atoms with Crippen LogP contribution in [0.4, 0.5) is 11.4 Å². The summed E-state index contributed by atoms with van der Waals surface area (Å²) in [5, 5.41) is 7.09. The molecule has 0 radical (unpaired) electrons. The molecule has 0 aliphatic carbocycles. The van der Waals surface area contributed by atoms with E-state index in [-0.39, 0.29) is 24.2 Å². The Kier molecular flexibility index (Phi) is 6.14. The number of carbonyl (C=O) groups excluding carboxylic acids is 2. The number of benzene rings is 3. The van der Waals surface area contributed by atoms with Gasteiger partial charge in [-0.05, 0) is 73.5 Å². The van der Waals surface area contributed by atoms with E-state index in [0.717, 1.165) is 16.5 Å². The third kappa shape index (κ3) is 4.92. The van der Waals surface area contributed by atoms with Gasteiger partial charge in [0.15, 0.2) is 12.4 Å². The number of carbonyl (C=O) groups is 2.